The number of carbonyl (C=O) groups is 1. The zero-order valence-electron chi connectivity index (χ0n) is 10.1. The van der Waals surface area contributed by atoms with Crippen LogP contribution in [0.15, 0.2) is 18.2 Å². The van der Waals surface area contributed by atoms with Crippen molar-refractivity contribution in [3.8, 4) is 6.07 Å². The van der Waals surface area contributed by atoms with Crippen molar-refractivity contribution < 1.29 is 4.79 Å². The molecule has 0 atom stereocenters. The van der Waals surface area contributed by atoms with E-state index in [-0.39, 0.29) is 18.9 Å². The quantitative estimate of drug-likeness (QED) is 0.779. The van der Waals surface area contributed by atoms with E-state index in [1.165, 1.54) is 0 Å². The van der Waals surface area contributed by atoms with Gasteiger partial charge in [-0.1, -0.05) is 36.2 Å². The molecule has 0 saturated heterocycles. The molecule has 1 amide bonds. The Hall–Kier alpha value is -1.24. The van der Waals surface area contributed by atoms with Gasteiger partial charge < -0.3 is 4.90 Å². The van der Waals surface area contributed by atoms with E-state index in [2.05, 4.69) is 0 Å². The van der Waals surface area contributed by atoms with Crippen molar-refractivity contribution >= 4 is 29.1 Å². The Morgan fingerprint density at radius 3 is 2.67 bits per heavy atom. The van der Waals surface area contributed by atoms with E-state index >= 15 is 0 Å². The molecule has 18 heavy (non-hydrogen) atoms. The minimum Gasteiger partial charge on any atom is -0.329 e. The number of rotatable bonds is 5. The Morgan fingerprint density at radius 1 is 1.39 bits per heavy atom. The van der Waals surface area contributed by atoms with Gasteiger partial charge in [0.1, 0.15) is 6.54 Å². The summed E-state index contributed by atoms with van der Waals surface area (Å²) < 4.78 is 0. The maximum atomic E-state index is 12.0. The molecule has 0 radical (unpaired) electrons. The first-order valence-corrected chi connectivity index (χ1v) is 6.42. The summed E-state index contributed by atoms with van der Waals surface area (Å²) in [5, 5.41) is 9.58. The molecule has 3 nitrogen and oxygen atoms in total. The van der Waals surface area contributed by atoms with Gasteiger partial charge in [-0.25, -0.2) is 0 Å². The summed E-state index contributed by atoms with van der Waals surface area (Å²) in [5.74, 6) is -0.0724. The number of benzene rings is 1. The highest BCUT2D eigenvalue weighted by atomic mass is 35.5. The van der Waals surface area contributed by atoms with Crippen LogP contribution in [0.2, 0.25) is 10.0 Å². The van der Waals surface area contributed by atoms with E-state index in [1.54, 1.807) is 23.1 Å². The van der Waals surface area contributed by atoms with Gasteiger partial charge in [0.05, 0.1) is 22.5 Å². The molecule has 0 aliphatic heterocycles. The standard InChI is InChI=1S/C13H14Cl2N2O/c1-2-6-17(7-5-16)13(18)9-10-3-4-11(14)12(15)8-10/h3-4,8H,2,6-7,9H2,1H3. The SMILES string of the molecule is CCCN(CC#N)C(=O)Cc1ccc(Cl)c(Cl)c1. The Balaban J connectivity index is 2.73. The number of hydrogen-bond donors (Lipinski definition) is 0. The molecule has 1 aromatic carbocycles. The van der Waals surface area contributed by atoms with Crippen LogP contribution in [0.3, 0.4) is 0 Å². The summed E-state index contributed by atoms with van der Waals surface area (Å²) in [6.07, 6.45) is 1.06. The number of nitrogens with zero attached hydrogens (tertiary/aromatic N) is 2. The molecule has 0 aliphatic rings. The fourth-order valence-electron chi connectivity index (χ4n) is 1.58. The molecule has 1 rings (SSSR count). The number of carbonyl (C=O) groups excluding carboxylic acids is 1. The van der Waals surface area contributed by atoms with Crippen LogP contribution in [0.5, 0.6) is 0 Å². The summed E-state index contributed by atoms with van der Waals surface area (Å²) in [5.41, 5.74) is 0.799. The highest BCUT2D eigenvalue weighted by Gasteiger charge is 2.13. The predicted octanol–water partition coefficient (Wildman–Crippen LogP) is 3.30. The highest BCUT2D eigenvalue weighted by molar-refractivity contribution is 6.42. The van der Waals surface area contributed by atoms with E-state index in [0.29, 0.717) is 16.6 Å². The van der Waals surface area contributed by atoms with Crippen molar-refractivity contribution in [3.05, 3.63) is 33.8 Å². The van der Waals surface area contributed by atoms with E-state index in [1.807, 2.05) is 13.0 Å². The zero-order valence-corrected chi connectivity index (χ0v) is 11.6. The van der Waals surface area contributed by atoms with Gasteiger partial charge in [0.15, 0.2) is 0 Å². The van der Waals surface area contributed by atoms with Crippen molar-refractivity contribution in [2.45, 2.75) is 19.8 Å². The van der Waals surface area contributed by atoms with Crippen LogP contribution in [-0.4, -0.2) is 23.9 Å². The van der Waals surface area contributed by atoms with Crippen LogP contribution in [0, 0.1) is 11.3 Å². The Labute approximate surface area is 117 Å². The Bertz CT molecular complexity index is 469. The maximum Gasteiger partial charge on any atom is 0.227 e. The van der Waals surface area contributed by atoms with Gasteiger partial charge in [-0.15, -0.1) is 0 Å². The monoisotopic (exact) mass is 284 g/mol. The van der Waals surface area contributed by atoms with Crippen LogP contribution in [0.1, 0.15) is 18.9 Å². The molecule has 0 unspecified atom stereocenters. The van der Waals surface area contributed by atoms with Crippen molar-refractivity contribution in [2.24, 2.45) is 0 Å². The first-order chi connectivity index (χ1) is 8.58. The Kier molecular flexibility index (Phi) is 5.97. The van der Waals surface area contributed by atoms with Gasteiger partial charge in [0.2, 0.25) is 5.91 Å². The van der Waals surface area contributed by atoms with Crippen LogP contribution in [0.25, 0.3) is 0 Å². The minimum atomic E-state index is -0.0724. The number of amides is 1. The summed E-state index contributed by atoms with van der Waals surface area (Å²) >= 11 is 11.7. The average Bonchev–Trinajstić information content (AvgIpc) is 2.33. The molecular weight excluding hydrogens is 271 g/mol. The molecular formula is C13H14Cl2N2O. The molecule has 0 heterocycles. The lowest BCUT2D eigenvalue weighted by molar-refractivity contribution is -0.129. The van der Waals surface area contributed by atoms with Crippen LogP contribution in [-0.2, 0) is 11.2 Å². The highest BCUT2D eigenvalue weighted by Crippen LogP contribution is 2.23. The third kappa shape index (κ3) is 4.21. The van der Waals surface area contributed by atoms with E-state index in [9.17, 15) is 4.79 Å². The predicted molar refractivity (Wildman–Crippen MR) is 72.7 cm³/mol. The molecule has 0 aliphatic carbocycles. The lowest BCUT2D eigenvalue weighted by Gasteiger charge is -2.18. The van der Waals surface area contributed by atoms with Crippen LogP contribution in [0.4, 0.5) is 0 Å². The third-order valence-electron chi connectivity index (χ3n) is 2.45. The third-order valence-corrected chi connectivity index (χ3v) is 3.19. The molecule has 0 aromatic heterocycles. The van der Waals surface area contributed by atoms with Gasteiger partial charge >= 0.3 is 0 Å². The van der Waals surface area contributed by atoms with Crippen molar-refractivity contribution in [2.75, 3.05) is 13.1 Å². The molecule has 0 fully saturated rings. The van der Waals surface area contributed by atoms with Gasteiger partial charge in [-0.2, -0.15) is 5.26 Å². The van der Waals surface area contributed by atoms with Gasteiger partial charge in [0.25, 0.3) is 0 Å². The molecule has 1 aromatic rings. The molecule has 0 bridgehead atoms. The second-order valence-corrected chi connectivity index (χ2v) is 4.71. The van der Waals surface area contributed by atoms with E-state index in [4.69, 9.17) is 28.5 Å². The zero-order chi connectivity index (χ0) is 13.5. The normalized spacial score (nSPS) is 9.89. The maximum absolute atomic E-state index is 12.0. The smallest absolute Gasteiger partial charge is 0.227 e. The number of nitriles is 1. The summed E-state index contributed by atoms with van der Waals surface area (Å²) in [6.45, 7) is 2.68. The van der Waals surface area contributed by atoms with Gasteiger partial charge in [0, 0.05) is 6.54 Å². The first-order valence-electron chi connectivity index (χ1n) is 5.67. The summed E-state index contributed by atoms with van der Waals surface area (Å²) in [7, 11) is 0. The van der Waals surface area contributed by atoms with Gasteiger partial charge in [-0.05, 0) is 24.1 Å². The second-order valence-electron chi connectivity index (χ2n) is 3.90. The molecule has 0 saturated carbocycles. The second kappa shape index (κ2) is 7.25. The summed E-state index contributed by atoms with van der Waals surface area (Å²) in [4.78, 5) is 13.5. The summed E-state index contributed by atoms with van der Waals surface area (Å²) in [6, 6.07) is 7.11. The first kappa shape index (κ1) is 14.8. The molecule has 5 heteroatoms. The van der Waals surface area contributed by atoms with Crippen LogP contribution >= 0.6 is 23.2 Å². The lowest BCUT2D eigenvalue weighted by Crippen LogP contribution is -2.33. The fraction of sp³-hybridized carbons (Fsp3) is 0.385. The van der Waals surface area contributed by atoms with Crippen molar-refractivity contribution in [1.29, 1.82) is 5.26 Å². The molecule has 0 N–H and O–H groups in total. The van der Waals surface area contributed by atoms with Crippen molar-refractivity contribution in [3.63, 3.8) is 0 Å². The lowest BCUT2D eigenvalue weighted by atomic mass is 10.1. The number of hydrogen-bond acceptors (Lipinski definition) is 2. The van der Waals surface area contributed by atoms with Gasteiger partial charge in [-0.3, -0.25) is 4.79 Å². The molecule has 0 spiro atoms. The topological polar surface area (TPSA) is 44.1 Å². The molecule has 96 valence electrons. The minimum absolute atomic E-state index is 0.0724. The van der Waals surface area contributed by atoms with Crippen LogP contribution < -0.4 is 0 Å². The van der Waals surface area contributed by atoms with Crippen molar-refractivity contribution in [1.82, 2.24) is 4.90 Å². The Morgan fingerprint density at radius 2 is 2.11 bits per heavy atom. The largest absolute Gasteiger partial charge is 0.329 e. The fourth-order valence-corrected chi connectivity index (χ4v) is 1.90. The average molecular weight is 285 g/mol. The van der Waals surface area contributed by atoms with E-state index in [0.717, 1.165) is 12.0 Å². The van der Waals surface area contributed by atoms with E-state index < -0.39 is 0 Å². The number of halogens is 2.